The first-order valence-corrected chi connectivity index (χ1v) is 9.09. The number of amides is 1. The number of hydrogen-bond donors (Lipinski definition) is 2. The summed E-state index contributed by atoms with van der Waals surface area (Å²) in [5.41, 5.74) is 7.67. The first-order valence-electron chi connectivity index (χ1n) is 9.09. The molecular weight excluding hydrogens is 350 g/mol. The Morgan fingerprint density at radius 2 is 1.96 bits per heavy atom. The topological polar surface area (TPSA) is 85.8 Å². The smallest absolute Gasteiger partial charge is 0.221 e. The number of carbonyl (C=O) groups excluding carboxylic acids is 1. The standard InChI is InChI=1S/C19H27N5O.ClH/c1-15(17-13-24(23-22-17)16-8-4-2-5-9-16)21-18(25)12-19(14-20)10-6-3-7-11-19;/h2,4-5,8-9,13,15H,3,6-7,10-12,14,20H2,1H3,(H,21,25);1H. The highest BCUT2D eigenvalue weighted by Gasteiger charge is 2.33. The van der Waals surface area contributed by atoms with Gasteiger partial charge in [0.15, 0.2) is 0 Å². The molecule has 0 radical (unpaired) electrons. The lowest BCUT2D eigenvalue weighted by Gasteiger charge is -2.35. The number of nitrogens with one attached hydrogen (secondary N) is 1. The summed E-state index contributed by atoms with van der Waals surface area (Å²) in [6.45, 7) is 2.52. The predicted molar refractivity (Wildman–Crippen MR) is 104 cm³/mol. The average Bonchev–Trinajstić information content (AvgIpc) is 3.13. The summed E-state index contributed by atoms with van der Waals surface area (Å²) in [5.74, 6) is 0.0501. The zero-order chi connectivity index (χ0) is 17.7. The van der Waals surface area contributed by atoms with E-state index in [1.165, 1.54) is 19.3 Å². The molecule has 6 nitrogen and oxygen atoms in total. The van der Waals surface area contributed by atoms with Crippen LogP contribution in [0.5, 0.6) is 0 Å². The van der Waals surface area contributed by atoms with E-state index in [4.69, 9.17) is 5.73 Å². The highest BCUT2D eigenvalue weighted by atomic mass is 35.5. The molecule has 1 fully saturated rings. The summed E-state index contributed by atoms with van der Waals surface area (Å²) < 4.78 is 1.72. The maximum atomic E-state index is 12.5. The molecule has 0 aliphatic heterocycles. The van der Waals surface area contributed by atoms with Gasteiger partial charge >= 0.3 is 0 Å². The van der Waals surface area contributed by atoms with Crippen molar-refractivity contribution in [3.8, 4) is 5.69 Å². The van der Waals surface area contributed by atoms with Crippen molar-refractivity contribution in [2.75, 3.05) is 6.54 Å². The number of rotatable bonds is 6. The molecule has 1 saturated carbocycles. The molecule has 1 amide bonds. The third-order valence-corrected chi connectivity index (χ3v) is 5.24. The summed E-state index contributed by atoms with van der Waals surface area (Å²) in [4.78, 5) is 12.5. The van der Waals surface area contributed by atoms with Crippen molar-refractivity contribution >= 4 is 18.3 Å². The van der Waals surface area contributed by atoms with E-state index in [9.17, 15) is 4.79 Å². The zero-order valence-electron chi connectivity index (χ0n) is 15.2. The molecule has 0 bridgehead atoms. The number of carbonyl (C=O) groups is 1. The second-order valence-electron chi connectivity index (χ2n) is 7.15. The van der Waals surface area contributed by atoms with E-state index in [1.54, 1.807) is 4.68 Å². The lowest BCUT2D eigenvalue weighted by Crippen LogP contribution is -2.39. The molecule has 3 rings (SSSR count). The Labute approximate surface area is 160 Å². The van der Waals surface area contributed by atoms with E-state index in [0.717, 1.165) is 24.2 Å². The van der Waals surface area contributed by atoms with Crippen molar-refractivity contribution in [3.05, 3.63) is 42.2 Å². The third kappa shape index (κ3) is 4.83. The van der Waals surface area contributed by atoms with Crippen LogP contribution in [-0.2, 0) is 4.79 Å². The number of para-hydroxylation sites is 1. The average molecular weight is 378 g/mol. The maximum Gasteiger partial charge on any atom is 0.221 e. The van der Waals surface area contributed by atoms with Gasteiger partial charge in [-0.25, -0.2) is 4.68 Å². The Balaban J connectivity index is 0.00000243. The highest BCUT2D eigenvalue weighted by molar-refractivity contribution is 5.85. The van der Waals surface area contributed by atoms with Gasteiger partial charge < -0.3 is 11.1 Å². The van der Waals surface area contributed by atoms with E-state index in [1.807, 2.05) is 43.5 Å². The number of nitrogens with zero attached hydrogens (tertiary/aromatic N) is 3. The second-order valence-corrected chi connectivity index (χ2v) is 7.15. The van der Waals surface area contributed by atoms with Gasteiger partial charge in [0.1, 0.15) is 5.69 Å². The minimum absolute atomic E-state index is 0. The van der Waals surface area contributed by atoms with Gasteiger partial charge in [0, 0.05) is 6.42 Å². The van der Waals surface area contributed by atoms with Crippen LogP contribution >= 0.6 is 12.4 Å². The van der Waals surface area contributed by atoms with Gasteiger partial charge in [0.2, 0.25) is 5.91 Å². The molecule has 1 aromatic carbocycles. The highest BCUT2D eigenvalue weighted by Crippen LogP contribution is 2.38. The van der Waals surface area contributed by atoms with Crippen LogP contribution in [0.4, 0.5) is 0 Å². The van der Waals surface area contributed by atoms with Crippen LogP contribution in [0, 0.1) is 5.41 Å². The van der Waals surface area contributed by atoms with Crippen molar-refractivity contribution in [2.45, 2.75) is 51.5 Å². The number of aromatic nitrogens is 3. The van der Waals surface area contributed by atoms with Crippen LogP contribution in [0.3, 0.4) is 0 Å². The van der Waals surface area contributed by atoms with Gasteiger partial charge in [-0.3, -0.25) is 4.79 Å². The third-order valence-electron chi connectivity index (χ3n) is 5.24. The summed E-state index contributed by atoms with van der Waals surface area (Å²) >= 11 is 0. The summed E-state index contributed by atoms with van der Waals surface area (Å²) in [6.07, 6.45) is 8.06. The zero-order valence-corrected chi connectivity index (χ0v) is 16.0. The Hall–Kier alpha value is -1.92. The molecule has 1 aliphatic carbocycles. The summed E-state index contributed by atoms with van der Waals surface area (Å²) in [7, 11) is 0. The molecular formula is C19H28ClN5O. The summed E-state index contributed by atoms with van der Waals surface area (Å²) in [5, 5.41) is 11.4. The lowest BCUT2D eigenvalue weighted by molar-refractivity contribution is -0.124. The molecule has 1 atom stereocenters. The van der Waals surface area contributed by atoms with E-state index in [0.29, 0.717) is 13.0 Å². The predicted octanol–water partition coefficient (Wildman–Crippen LogP) is 3.17. The van der Waals surface area contributed by atoms with E-state index >= 15 is 0 Å². The fourth-order valence-corrected chi connectivity index (χ4v) is 3.64. The number of hydrogen-bond acceptors (Lipinski definition) is 4. The number of halogens is 1. The molecule has 0 saturated heterocycles. The molecule has 2 aromatic rings. The van der Waals surface area contributed by atoms with Crippen molar-refractivity contribution < 1.29 is 4.79 Å². The number of benzene rings is 1. The van der Waals surface area contributed by atoms with Crippen molar-refractivity contribution in [1.29, 1.82) is 0 Å². The number of nitrogens with two attached hydrogens (primary N) is 1. The molecule has 7 heteroatoms. The van der Waals surface area contributed by atoms with Crippen LogP contribution in [0.1, 0.15) is 57.2 Å². The Bertz CT molecular complexity index is 697. The molecule has 1 aliphatic rings. The Morgan fingerprint density at radius 3 is 2.62 bits per heavy atom. The first-order chi connectivity index (χ1) is 12.1. The molecule has 0 spiro atoms. The monoisotopic (exact) mass is 377 g/mol. The normalized spacial score (nSPS) is 17.2. The fraction of sp³-hybridized carbons (Fsp3) is 0.526. The SMILES string of the molecule is CC(NC(=O)CC1(CN)CCCCC1)c1cn(-c2ccccc2)nn1.Cl. The van der Waals surface area contributed by atoms with Crippen LogP contribution in [0.2, 0.25) is 0 Å². The molecule has 1 unspecified atom stereocenters. The van der Waals surface area contributed by atoms with Crippen LogP contribution in [0.15, 0.2) is 36.5 Å². The van der Waals surface area contributed by atoms with Gasteiger partial charge in [-0.2, -0.15) is 0 Å². The minimum atomic E-state index is -0.177. The van der Waals surface area contributed by atoms with Crippen molar-refractivity contribution in [3.63, 3.8) is 0 Å². The fourth-order valence-electron chi connectivity index (χ4n) is 3.64. The van der Waals surface area contributed by atoms with E-state index < -0.39 is 0 Å². The van der Waals surface area contributed by atoms with Gasteiger partial charge in [-0.05, 0) is 43.9 Å². The van der Waals surface area contributed by atoms with Gasteiger partial charge in [0.25, 0.3) is 0 Å². The maximum absolute atomic E-state index is 12.5. The minimum Gasteiger partial charge on any atom is -0.348 e. The van der Waals surface area contributed by atoms with Crippen LogP contribution in [0.25, 0.3) is 5.69 Å². The van der Waals surface area contributed by atoms with Gasteiger partial charge in [-0.1, -0.05) is 42.7 Å². The molecule has 142 valence electrons. The van der Waals surface area contributed by atoms with E-state index in [2.05, 4.69) is 15.6 Å². The van der Waals surface area contributed by atoms with Gasteiger partial charge in [0.05, 0.1) is 17.9 Å². The molecule has 1 aromatic heterocycles. The largest absolute Gasteiger partial charge is 0.348 e. The molecule has 26 heavy (non-hydrogen) atoms. The molecule has 3 N–H and O–H groups in total. The Morgan fingerprint density at radius 1 is 1.27 bits per heavy atom. The van der Waals surface area contributed by atoms with E-state index in [-0.39, 0.29) is 29.8 Å². The summed E-state index contributed by atoms with van der Waals surface area (Å²) in [6, 6.07) is 9.63. The second kappa shape index (κ2) is 9.14. The first kappa shape index (κ1) is 20.4. The van der Waals surface area contributed by atoms with Crippen LogP contribution < -0.4 is 11.1 Å². The lowest BCUT2D eigenvalue weighted by atomic mass is 9.71. The van der Waals surface area contributed by atoms with Crippen molar-refractivity contribution in [2.24, 2.45) is 11.1 Å². The van der Waals surface area contributed by atoms with Crippen LogP contribution in [-0.4, -0.2) is 27.4 Å². The Kier molecular flexibility index (Phi) is 7.17. The van der Waals surface area contributed by atoms with Crippen molar-refractivity contribution in [1.82, 2.24) is 20.3 Å². The molecule has 1 heterocycles. The van der Waals surface area contributed by atoms with Gasteiger partial charge in [-0.15, -0.1) is 17.5 Å². The quantitative estimate of drug-likeness (QED) is 0.809.